The number of pyridine rings is 1. The van der Waals surface area contributed by atoms with E-state index in [1.807, 2.05) is 0 Å². The smallest absolute Gasteiger partial charge is 0.416 e. The molecule has 2 heterocycles. The molecular weight excluding hydrogens is 433 g/mol. The highest BCUT2D eigenvalue weighted by molar-refractivity contribution is 7.92. The number of anilines is 1. The van der Waals surface area contributed by atoms with Crippen molar-refractivity contribution in [3.63, 3.8) is 0 Å². The molecule has 162 valence electrons. The van der Waals surface area contributed by atoms with Crippen LogP contribution in [0.2, 0.25) is 0 Å². The van der Waals surface area contributed by atoms with Crippen LogP contribution >= 0.6 is 0 Å². The Morgan fingerprint density at radius 3 is 2.65 bits per heavy atom. The fraction of sp³-hybridized carbons (Fsp3) is 0.190. The maximum atomic E-state index is 13.2. The van der Waals surface area contributed by atoms with E-state index in [9.17, 15) is 21.6 Å². The summed E-state index contributed by atoms with van der Waals surface area (Å²) < 4.78 is 77.6. The molecule has 0 radical (unpaired) electrons. The predicted octanol–water partition coefficient (Wildman–Crippen LogP) is 4.36. The van der Waals surface area contributed by atoms with E-state index < -0.39 is 26.7 Å². The molecule has 0 atom stereocenters. The van der Waals surface area contributed by atoms with E-state index in [0.29, 0.717) is 28.8 Å². The Morgan fingerprint density at radius 2 is 1.90 bits per heavy atom. The van der Waals surface area contributed by atoms with Crippen molar-refractivity contribution >= 4 is 15.7 Å². The largest absolute Gasteiger partial charge is 0.497 e. The second kappa shape index (κ2) is 7.77. The van der Waals surface area contributed by atoms with Crippen LogP contribution in [0.15, 0.2) is 65.7 Å². The molecular formula is C21H17F3N2O4S. The Morgan fingerprint density at radius 1 is 1.10 bits per heavy atom. The standard InChI is InChI=1S/C21H17F3N2O4S/c1-29-16-7-8-25-18(13-16)14-5-6-20-19(11-14)26(9-10-30-20)31(27,28)17-4-2-3-15(12-17)21(22,23)24/h2-8,11-13H,9-10H2,1H3. The second-order valence-electron chi connectivity index (χ2n) is 6.71. The zero-order chi connectivity index (χ0) is 22.2. The lowest BCUT2D eigenvalue weighted by Crippen LogP contribution is -2.38. The molecule has 0 N–H and O–H groups in total. The lowest BCUT2D eigenvalue weighted by molar-refractivity contribution is -0.137. The third-order valence-electron chi connectivity index (χ3n) is 4.79. The van der Waals surface area contributed by atoms with Gasteiger partial charge in [-0.3, -0.25) is 9.29 Å². The molecule has 0 fully saturated rings. The van der Waals surface area contributed by atoms with Crippen molar-refractivity contribution in [1.82, 2.24) is 4.98 Å². The average molecular weight is 450 g/mol. The van der Waals surface area contributed by atoms with Crippen LogP contribution in [-0.4, -0.2) is 33.7 Å². The average Bonchev–Trinajstić information content (AvgIpc) is 2.77. The van der Waals surface area contributed by atoms with Gasteiger partial charge in [0.1, 0.15) is 18.1 Å². The van der Waals surface area contributed by atoms with Gasteiger partial charge >= 0.3 is 6.18 Å². The van der Waals surface area contributed by atoms with Crippen molar-refractivity contribution in [2.45, 2.75) is 11.1 Å². The van der Waals surface area contributed by atoms with E-state index in [2.05, 4.69) is 4.98 Å². The summed E-state index contributed by atoms with van der Waals surface area (Å²) in [6.07, 6.45) is -3.10. The van der Waals surface area contributed by atoms with Gasteiger partial charge in [-0.25, -0.2) is 8.42 Å². The van der Waals surface area contributed by atoms with Crippen molar-refractivity contribution in [2.24, 2.45) is 0 Å². The maximum absolute atomic E-state index is 13.2. The Balaban J connectivity index is 1.78. The van der Waals surface area contributed by atoms with Crippen molar-refractivity contribution in [3.05, 3.63) is 66.4 Å². The van der Waals surface area contributed by atoms with Crippen molar-refractivity contribution < 1.29 is 31.1 Å². The number of halogens is 3. The van der Waals surface area contributed by atoms with Crippen LogP contribution in [0, 0.1) is 0 Å². The van der Waals surface area contributed by atoms with Gasteiger partial charge in [-0.05, 0) is 42.5 Å². The second-order valence-corrected chi connectivity index (χ2v) is 8.58. The molecule has 0 bridgehead atoms. The molecule has 0 saturated carbocycles. The normalized spacial score (nSPS) is 14.0. The lowest BCUT2D eigenvalue weighted by Gasteiger charge is -2.31. The van der Waals surface area contributed by atoms with Gasteiger partial charge in [0.05, 0.1) is 35.5 Å². The molecule has 1 aliphatic heterocycles. The number of hydrogen-bond acceptors (Lipinski definition) is 5. The Bertz CT molecular complexity index is 1230. The summed E-state index contributed by atoms with van der Waals surface area (Å²) in [7, 11) is -2.74. The van der Waals surface area contributed by atoms with Crippen molar-refractivity contribution in [2.75, 3.05) is 24.6 Å². The van der Waals surface area contributed by atoms with E-state index in [4.69, 9.17) is 9.47 Å². The molecule has 0 amide bonds. The molecule has 4 rings (SSSR count). The number of ether oxygens (including phenoxy) is 2. The van der Waals surface area contributed by atoms with E-state index >= 15 is 0 Å². The number of rotatable bonds is 4. The number of nitrogens with zero attached hydrogens (tertiary/aromatic N) is 2. The summed E-state index contributed by atoms with van der Waals surface area (Å²) in [4.78, 5) is 3.83. The third-order valence-corrected chi connectivity index (χ3v) is 6.60. The first kappa shape index (κ1) is 21.0. The van der Waals surface area contributed by atoms with Crippen molar-refractivity contribution in [3.8, 4) is 22.8 Å². The van der Waals surface area contributed by atoms with Crippen LogP contribution in [0.5, 0.6) is 11.5 Å². The minimum atomic E-state index is -4.65. The minimum Gasteiger partial charge on any atom is -0.497 e. The molecule has 3 aromatic rings. The highest BCUT2D eigenvalue weighted by atomic mass is 32.2. The third kappa shape index (κ3) is 4.02. The van der Waals surface area contributed by atoms with Gasteiger partial charge in [-0.15, -0.1) is 0 Å². The monoisotopic (exact) mass is 450 g/mol. The molecule has 0 saturated heterocycles. The van der Waals surface area contributed by atoms with Gasteiger partial charge in [-0.2, -0.15) is 13.2 Å². The Hall–Kier alpha value is -3.27. The molecule has 1 aromatic heterocycles. The Labute approximate surface area is 176 Å². The lowest BCUT2D eigenvalue weighted by atomic mass is 10.1. The van der Waals surface area contributed by atoms with Gasteiger partial charge in [0.25, 0.3) is 10.0 Å². The SMILES string of the molecule is COc1ccnc(-c2ccc3c(c2)N(S(=O)(=O)c2cccc(C(F)(F)F)c2)CCO3)c1. The Kier molecular flexibility index (Phi) is 5.26. The molecule has 0 aliphatic carbocycles. The van der Waals surface area contributed by atoms with Crippen LogP contribution in [-0.2, 0) is 16.2 Å². The predicted molar refractivity (Wildman–Crippen MR) is 108 cm³/mol. The van der Waals surface area contributed by atoms with Crippen LogP contribution in [0.4, 0.5) is 18.9 Å². The highest BCUT2D eigenvalue weighted by Crippen LogP contribution is 2.39. The molecule has 2 aromatic carbocycles. The van der Waals surface area contributed by atoms with E-state index in [-0.39, 0.29) is 18.8 Å². The van der Waals surface area contributed by atoms with Gasteiger partial charge in [0.15, 0.2) is 0 Å². The topological polar surface area (TPSA) is 68.7 Å². The molecule has 6 nitrogen and oxygen atoms in total. The highest BCUT2D eigenvalue weighted by Gasteiger charge is 2.34. The van der Waals surface area contributed by atoms with E-state index in [1.165, 1.54) is 7.11 Å². The molecule has 31 heavy (non-hydrogen) atoms. The molecule has 1 aliphatic rings. The first-order chi connectivity index (χ1) is 14.7. The van der Waals surface area contributed by atoms with Crippen LogP contribution in [0.25, 0.3) is 11.3 Å². The van der Waals surface area contributed by atoms with Crippen LogP contribution in [0.3, 0.4) is 0 Å². The van der Waals surface area contributed by atoms with Gasteiger partial charge in [0, 0.05) is 17.8 Å². The van der Waals surface area contributed by atoms with Gasteiger partial charge in [0.2, 0.25) is 0 Å². The fourth-order valence-corrected chi connectivity index (χ4v) is 4.76. The van der Waals surface area contributed by atoms with Crippen LogP contribution in [0.1, 0.15) is 5.56 Å². The number of sulfonamides is 1. The first-order valence-corrected chi connectivity index (χ1v) is 10.6. The zero-order valence-corrected chi connectivity index (χ0v) is 17.1. The van der Waals surface area contributed by atoms with Crippen LogP contribution < -0.4 is 13.8 Å². The van der Waals surface area contributed by atoms with Gasteiger partial charge < -0.3 is 9.47 Å². The quantitative estimate of drug-likeness (QED) is 0.591. The van der Waals surface area contributed by atoms with Crippen molar-refractivity contribution in [1.29, 1.82) is 0 Å². The first-order valence-electron chi connectivity index (χ1n) is 9.17. The minimum absolute atomic E-state index is 0.0411. The summed E-state index contributed by atoms with van der Waals surface area (Å²) in [5, 5.41) is 0. The number of alkyl halides is 3. The van der Waals surface area contributed by atoms with E-state index in [0.717, 1.165) is 22.5 Å². The number of methoxy groups -OCH3 is 1. The summed E-state index contributed by atoms with van der Waals surface area (Å²) in [5.74, 6) is 0.890. The molecule has 0 unspecified atom stereocenters. The van der Waals surface area contributed by atoms with E-state index in [1.54, 1.807) is 36.5 Å². The molecule has 10 heteroatoms. The number of hydrogen-bond donors (Lipinski definition) is 0. The summed E-state index contributed by atoms with van der Waals surface area (Å²) >= 11 is 0. The maximum Gasteiger partial charge on any atom is 0.416 e. The zero-order valence-electron chi connectivity index (χ0n) is 16.3. The summed E-state index contributed by atoms with van der Waals surface area (Å²) in [5.41, 5.74) is 0.346. The summed E-state index contributed by atoms with van der Waals surface area (Å²) in [6, 6.07) is 12.0. The fourth-order valence-electron chi connectivity index (χ4n) is 3.26. The summed E-state index contributed by atoms with van der Waals surface area (Å²) in [6.45, 7) is 0.0303. The molecule has 0 spiro atoms. The van der Waals surface area contributed by atoms with Gasteiger partial charge in [-0.1, -0.05) is 6.07 Å². The number of fused-ring (bicyclic) bond motifs is 1. The number of benzene rings is 2. The number of aromatic nitrogens is 1.